The molecule has 1 N–H and O–H groups in total. The van der Waals surface area contributed by atoms with Crippen LogP contribution in [0.3, 0.4) is 0 Å². The molecule has 0 radical (unpaired) electrons. The van der Waals surface area contributed by atoms with Gasteiger partial charge >= 0.3 is 0 Å². The molecule has 17 heavy (non-hydrogen) atoms. The Balaban J connectivity index is 2.67. The smallest absolute Gasteiger partial charge is 0.240 e. The quantitative estimate of drug-likeness (QED) is 0.802. The number of hydrogen-bond donors (Lipinski definition) is 1. The first-order valence-electron chi connectivity index (χ1n) is 6.58. The maximum absolute atomic E-state index is 12.4. The zero-order chi connectivity index (χ0) is 13.2. The number of carbonyl (C=O) groups is 1. The lowest BCUT2D eigenvalue weighted by molar-refractivity contribution is -0.139. The van der Waals surface area contributed by atoms with Gasteiger partial charge in [0.2, 0.25) is 5.91 Å². The Morgan fingerprint density at radius 3 is 2.12 bits per heavy atom. The Labute approximate surface area is 105 Å². The Morgan fingerprint density at radius 2 is 1.76 bits per heavy atom. The van der Waals surface area contributed by atoms with E-state index >= 15 is 0 Å². The second-order valence-corrected chi connectivity index (χ2v) is 5.55. The molecule has 1 heterocycles. The van der Waals surface area contributed by atoms with Crippen molar-refractivity contribution in [2.24, 2.45) is 0 Å². The Hall–Kier alpha value is -0.610. The molecule has 1 amide bonds. The lowest BCUT2D eigenvalue weighted by Crippen LogP contribution is -2.51. The highest BCUT2D eigenvalue weighted by Crippen LogP contribution is 2.16. The standard InChI is InChI=1S/C13H26N2O2/c1-9(2)15(10(3)4)13(17)11(5)14-7-6-12(16)8-14/h9-12,16H,6-8H2,1-5H3/t11?,12-/m0/s1. The van der Waals surface area contributed by atoms with E-state index in [2.05, 4.69) is 4.90 Å². The second-order valence-electron chi connectivity index (χ2n) is 5.55. The van der Waals surface area contributed by atoms with E-state index in [1.165, 1.54) is 0 Å². The van der Waals surface area contributed by atoms with Crippen LogP contribution in [0, 0.1) is 0 Å². The summed E-state index contributed by atoms with van der Waals surface area (Å²) in [7, 11) is 0. The molecule has 0 spiro atoms. The molecule has 1 rings (SSSR count). The van der Waals surface area contributed by atoms with Crippen molar-refractivity contribution in [2.75, 3.05) is 13.1 Å². The summed E-state index contributed by atoms with van der Waals surface area (Å²) in [6.45, 7) is 11.6. The number of carbonyl (C=O) groups excluding carboxylic acids is 1. The van der Waals surface area contributed by atoms with E-state index in [0.29, 0.717) is 6.54 Å². The molecule has 0 saturated carbocycles. The van der Waals surface area contributed by atoms with Gasteiger partial charge in [0.15, 0.2) is 0 Å². The Kier molecular flexibility index (Phi) is 4.95. The molecule has 2 atom stereocenters. The molecule has 4 heteroatoms. The SMILES string of the molecule is CC(C(=O)N(C(C)C)C(C)C)N1CC[C@H](O)C1. The number of amides is 1. The maximum atomic E-state index is 12.4. The predicted molar refractivity (Wildman–Crippen MR) is 68.8 cm³/mol. The van der Waals surface area contributed by atoms with Crippen molar-refractivity contribution in [3.8, 4) is 0 Å². The summed E-state index contributed by atoms with van der Waals surface area (Å²) in [5.74, 6) is 0.170. The van der Waals surface area contributed by atoms with Gasteiger partial charge in [-0.15, -0.1) is 0 Å². The third-order valence-electron chi connectivity index (χ3n) is 3.47. The number of aliphatic hydroxyl groups is 1. The first kappa shape index (κ1) is 14.5. The molecule has 0 aromatic heterocycles. The molecule has 1 aliphatic heterocycles. The van der Waals surface area contributed by atoms with Gasteiger partial charge in [-0.3, -0.25) is 9.69 Å². The van der Waals surface area contributed by atoms with Crippen LogP contribution in [0.5, 0.6) is 0 Å². The third-order valence-corrected chi connectivity index (χ3v) is 3.47. The third kappa shape index (κ3) is 3.42. The van der Waals surface area contributed by atoms with Gasteiger partial charge in [-0.2, -0.15) is 0 Å². The molecule has 0 aromatic carbocycles. The maximum Gasteiger partial charge on any atom is 0.240 e. The largest absolute Gasteiger partial charge is 0.392 e. The van der Waals surface area contributed by atoms with Crippen LogP contribution in [-0.2, 0) is 4.79 Å². The van der Waals surface area contributed by atoms with Crippen LogP contribution >= 0.6 is 0 Å². The van der Waals surface area contributed by atoms with Gasteiger partial charge in [-0.1, -0.05) is 0 Å². The fraction of sp³-hybridized carbons (Fsp3) is 0.923. The predicted octanol–water partition coefficient (Wildman–Crippen LogP) is 1.09. The second kappa shape index (κ2) is 5.83. The summed E-state index contributed by atoms with van der Waals surface area (Å²) >= 11 is 0. The van der Waals surface area contributed by atoms with Crippen molar-refractivity contribution >= 4 is 5.91 Å². The van der Waals surface area contributed by atoms with Gasteiger partial charge in [0.25, 0.3) is 0 Å². The van der Waals surface area contributed by atoms with E-state index in [0.717, 1.165) is 13.0 Å². The first-order chi connectivity index (χ1) is 7.84. The number of hydrogen-bond acceptors (Lipinski definition) is 3. The molecule has 1 fully saturated rings. The lowest BCUT2D eigenvalue weighted by Gasteiger charge is -2.35. The van der Waals surface area contributed by atoms with Crippen LogP contribution in [-0.4, -0.2) is 58.1 Å². The van der Waals surface area contributed by atoms with Crippen LogP contribution in [0.15, 0.2) is 0 Å². The van der Waals surface area contributed by atoms with Crippen molar-refractivity contribution in [3.63, 3.8) is 0 Å². The highest BCUT2D eigenvalue weighted by Gasteiger charge is 2.32. The zero-order valence-electron chi connectivity index (χ0n) is 11.7. The van der Waals surface area contributed by atoms with E-state index in [1.807, 2.05) is 39.5 Å². The van der Waals surface area contributed by atoms with E-state index < -0.39 is 0 Å². The number of rotatable bonds is 4. The van der Waals surface area contributed by atoms with Crippen molar-refractivity contribution in [3.05, 3.63) is 0 Å². The van der Waals surface area contributed by atoms with Crippen LogP contribution < -0.4 is 0 Å². The van der Waals surface area contributed by atoms with Crippen LogP contribution in [0.25, 0.3) is 0 Å². The molecular formula is C13H26N2O2. The molecule has 0 aliphatic carbocycles. The molecule has 1 unspecified atom stereocenters. The molecule has 0 bridgehead atoms. The topological polar surface area (TPSA) is 43.8 Å². The van der Waals surface area contributed by atoms with Crippen LogP contribution in [0.2, 0.25) is 0 Å². The molecule has 100 valence electrons. The monoisotopic (exact) mass is 242 g/mol. The molecule has 1 saturated heterocycles. The van der Waals surface area contributed by atoms with Crippen molar-refractivity contribution in [1.29, 1.82) is 0 Å². The Bertz CT molecular complexity index is 258. The molecule has 0 aromatic rings. The van der Waals surface area contributed by atoms with Gasteiger partial charge in [0.1, 0.15) is 0 Å². The highest BCUT2D eigenvalue weighted by atomic mass is 16.3. The summed E-state index contributed by atoms with van der Waals surface area (Å²) in [5, 5.41) is 9.52. The zero-order valence-corrected chi connectivity index (χ0v) is 11.7. The fourth-order valence-corrected chi connectivity index (χ4v) is 2.60. The lowest BCUT2D eigenvalue weighted by atomic mass is 10.1. The summed E-state index contributed by atoms with van der Waals surface area (Å²) in [6.07, 6.45) is 0.512. The van der Waals surface area contributed by atoms with E-state index in [4.69, 9.17) is 0 Å². The summed E-state index contributed by atoms with van der Waals surface area (Å²) in [5.41, 5.74) is 0. The minimum absolute atomic E-state index is 0.128. The summed E-state index contributed by atoms with van der Waals surface area (Å²) in [4.78, 5) is 16.4. The molecule has 1 aliphatic rings. The number of likely N-dealkylation sites (tertiary alicyclic amines) is 1. The van der Waals surface area contributed by atoms with Crippen LogP contribution in [0.1, 0.15) is 41.0 Å². The van der Waals surface area contributed by atoms with Crippen molar-refractivity contribution < 1.29 is 9.90 Å². The van der Waals surface area contributed by atoms with Crippen molar-refractivity contribution in [2.45, 2.75) is 65.3 Å². The Morgan fingerprint density at radius 1 is 1.24 bits per heavy atom. The highest BCUT2D eigenvalue weighted by molar-refractivity contribution is 5.82. The molecule has 4 nitrogen and oxygen atoms in total. The summed E-state index contributed by atoms with van der Waals surface area (Å²) in [6, 6.07) is 0.312. The number of nitrogens with zero attached hydrogens (tertiary/aromatic N) is 2. The van der Waals surface area contributed by atoms with Gasteiger partial charge in [-0.25, -0.2) is 0 Å². The first-order valence-corrected chi connectivity index (χ1v) is 6.58. The molecular weight excluding hydrogens is 216 g/mol. The number of aliphatic hydroxyl groups excluding tert-OH is 1. The van der Waals surface area contributed by atoms with Gasteiger partial charge in [-0.05, 0) is 41.0 Å². The summed E-state index contributed by atoms with van der Waals surface area (Å²) < 4.78 is 0. The van der Waals surface area contributed by atoms with Crippen molar-refractivity contribution in [1.82, 2.24) is 9.80 Å². The average Bonchev–Trinajstić information content (AvgIpc) is 2.62. The average molecular weight is 242 g/mol. The number of β-amino-alcohol motifs (C(OH)–C–C–N with tert-alkyl or cyclic N) is 1. The van der Waals surface area contributed by atoms with Gasteiger partial charge < -0.3 is 10.0 Å². The normalized spacial score (nSPS) is 23.4. The fourth-order valence-electron chi connectivity index (χ4n) is 2.60. The van der Waals surface area contributed by atoms with Gasteiger partial charge in [0, 0.05) is 25.2 Å². The minimum Gasteiger partial charge on any atom is -0.392 e. The van der Waals surface area contributed by atoms with Gasteiger partial charge in [0.05, 0.1) is 12.1 Å². The van der Waals surface area contributed by atoms with E-state index in [9.17, 15) is 9.90 Å². The van der Waals surface area contributed by atoms with Crippen LogP contribution in [0.4, 0.5) is 0 Å². The van der Waals surface area contributed by atoms with E-state index in [1.54, 1.807) is 0 Å². The minimum atomic E-state index is -0.267. The van der Waals surface area contributed by atoms with E-state index in [-0.39, 0.29) is 30.1 Å².